The van der Waals surface area contributed by atoms with Gasteiger partial charge in [0.15, 0.2) is 0 Å². The van der Waals surface area contributed by atoms with Crippen LogP contribution in [0, 0.1) is 12.7 Å². The van der Waals surface area contributed by atoms with Gasteiger partial charge in [0.2, 0.25) is 0 Å². The summed E-state index contributed by atoms with van der Waals surface area (Å²) in [5.41, 5.74) is -0.139. The highest BCUT2D eigenvalue weighted by Crippen LogP contribution is 2.37. The number of hydrogen-bond donors (Lipinski definition) is 1. The molecule has 2 fully saturated rings. The largest absolute Gasteiger partial charge is 0.522 e. The SMILES string of the molecule is Cc1cc(F)c(NC(=O)N2CCC(OC(F)(F)F)C2)cc1B1OC(C)(C)C(C)(C)O1. The molecule has 0 aromatic heterocycles. The third kappa shape index (κ3) is 4.73. The maximum Gasteiger partial charge on any atom is 0.522 e. The summed E-state index contributed by atoms with van der Waals surface area (Å²) in [6.45, 7) is 9.10. The van der Waals surface area contributed by atoms with E-state index in [1.54, 1.807) is 6.92 Å². The molecule has 0 aliphatic carbocycles. The molecule has 1 unspecified atom stereocenters. The summed E-state index contributed by atoms with van der Waals surface area (Å²) < 4.78 is 67.5. The number of ether oxygens (including phenoxy) is 1. The minimum Gasteiger partial charge on any atom is -0.399 e. The minimum atomic E-state index is -4.77. The molecule has 30 heavy (non-hydrogen) atoms. The smallest absolute Gasteiger partial charge is 0.399 e. The van der Waals surface area contributed by atoms with Gasteiger partial charge in [-0.2, -0.15) is 0 Å². The van der Waals surface area contributed by atoms with Gasteiger partial charge in [-0.1, -0.05) is 0 Å². The Kier molecular flexibility index (Phi) is 5.85. The van der Waals surface area contributed by atoms with Crippen LogP contribution < -0.4 is 10.8 Å². The number of aryl methyl sites for hydroxylation is 1. The lowest BCUT2D eigenvalue weighted by atomic mass is 9.76. The summed E-state index contributed by atoms with van der Waals surface area (Å²) in [6.07, 6.45) is -5.86. The van der Waals surface area contributed by atoms with Gasteiger partial charge in [0.1, 0.15) is 5.82 Å². The third-order valence-corrected chi connectivity index (χ3v) is 5.84. The number of anilines is 1. The molecule has 3 rings (SSSR count). The van der Waals surface area contributed by atoms with Crippen molar-refractivity contribution in [2.24, 2.45) is 0 Å². The van der Waals surface area contributed by atoms with E-state index in [1.165, 1.54) is 12.1 Å². The Labute approximate surface area is 173 Å². The van der Waals surface area contributed by atoms with Crippen molar-refractivity contribution in [2.75, 3.05) is 18.4 Å². The van der Waals surface area contributed by atoms with Crippen molar-refractivity contribution in [1.29, 1.82) is 0 Å². The van der Waals surface area contributed by atoms with E-state index in [0.29, 0.717) is 11.0 Å². The van der Waals surface area contributed by atoms with Gasteiger partial charge in [-0.25, -0.2) is 9.18 Å². The Morgan fingerprint density at radius 2 is 1.83 bits per heavy atom. The number of urea groups is 1. The number of nitrogens with one attached hydrogen (secondary N) is 1. The lowest BCUT2D eigenvalue weighted by molar-refractivity contribution is -0.340. The molecule has 0 radical (unpaired) electrons. The normalized spacial score (nSPS) is 23.2. The maximum atomic E-state index is 14.5. The molecule has 11 heteroatoms. The number of nitrogens with zero attached hydrogens (tertiary/aromatic N) is 1. The van der Waals surface area contributed by atoms with Crippen LogP contribution >= 0.6 is 0 Å². The van der Waals surface area contributed by atoms with Gasteiger partial charge in [-0.3, -0.25) is 4.74 Å². The molecular weight excluding hydrogens is 407 g/mol. The molecule has 0 bridgehead atoms. The van der Waals surface area contributed by atoms with Gasteiger partial charge in [-0.15, -0.1) is 13.2 Å². The van der Waals surface area contributed by atoms with Crippen LogP contribution in [-0.2, 0) is 14.0 Å². The van der Waals surface area contributed by atoms with E-state index in [2.05, 4.69) is 10.1 Å². The molecular formula is C19H25BF4N2O4. The zero-order valence-electron chi connectivity index (χ0n) is 17.5. The molecule has 0 saturated carbocycles. The molecule has 2 amide bonds. The lowest BCUT2D eigenvalue weighted by Gasteiger charge is -2.32. The van der Waals surface area contributed by atoms with Crippen LogP contribution in [0.2, 0.25) is 0 Å². The van der Waals surface area contributed by atoms with E-state index in [1.807, 2.05) is 27.7 Å². The van der Waals surface area contributed by atoms with Gasteiger partial charge < -0.3 is 19.5 Å². The van der Waals surface area contributed by atoms with Gasteiger partial charge in [-0.05, 0) is 64.2 Å². The quantitative estimate of drug-likeness (QED) is 0.586. The lowest BCUT2D eigenvalue weighted by Crippen LogP contribution is -2.41. The van der Waals surface area contributed by atoms with E-state index >= 15 is 0 Å². The highest BCUT2D eigenvalue weighted by atomic mass is 19.4. The first kappa shape index (κ1) is 22.8. The Morgan fingerprint density at radius 3 is 2.40 bits per heavy atom. The van der Waals surface area contributed by atoms with Crippen molar-refractivity contribution in [3.05, 3.63) is 23.5 Å². The third-order valence-electron chi connectivity index (χ3n) is 5.84. The molecule has 1 aromatic rings. The average molecular weight is 432 g/mol. The van der Waals surface area contributed by atoms with Crippen LogP contribution in [-0.4, -0.2) is 54.8 Å². The zero-order valence-corrected chi connectivity index (χ0v) is 17.5. The number of benzene rings is 1. The van der Waals surface area contributed by atoms with Crippen molar-refractivity contribution in [3.63, 3.8) is 0 Å². The van der Waals surface area contributed by atoms with E-state index in [-0.39, 0.29) is 25.2 Å². The number of alkyl halides is 3. The molecule has 1 atom stereocenters. The fraction of sp³-hybridized carbons (Fsp3) is 0.632. The summed E-state index contributed by atoms with van der Waals surface area (Å²) in [6, 6.07) is 1.99. The first-order chi connectivity index (χ1) is 13.7. The fourth-order valence-corrected chi connectivity index (χ4v) is 3.40. The topological polar surface area (TPSA) is 60.0 Å². The maximum absolute atomic E-state index is 14.5. The van der Waals surface area contributed by atoms with Gasteiger partial charge in [0.05, 0.1) is 23.0 Å². The van der Waals surface area contributed by atoms with E-state index < -0.39 is 42.6 Å². The summed E-state index contributed by atoms with van der Waals surface area (Å²) in [5, 5.41) is 2.43. The molecule has 2 saturated heterocycles. The van der Waals surface area contributed by atoms with Crippen LogP contribution in [0.15, 0.2) is 12.1 Å². The first-order valence-corrected chi connectivity index (χ1v) is 9.65. The summed E-state index contributed by atoms with van der Waals surface area (Å²) in [4.78, 5) is 13.6. The highest BCUT2D eigenvalue weighted by Gasteiger charge is 2.52. The molecule has 0 spiro atoms. The monoisotopic (exact) mass is 432 g/mol. The Hall–Kier alpha value is -1.85. The van der Waals surface area contributed by atoms with Crippen molar-refractivity contribution in [1.82, 2.24) is 4.90 Å². The van der Waals surface area contributed by atoms with Crippen molar-refractivity contribution in [2.45, 2.75) is 64.7 Å². The summed E-state index contributed by atoms with van der Waals surface area (Å²) in [7, 11) is -0.748. The Morgan fingerprint density at radius 1 is 1.23 bits per heavy atom. The fourth-order valence-electron chi connectivity index (χ4n) is 3.40. The Balaban J connectivity index is 1.73. The molecule has 2 aliphatic rings. The second-order valence-corrected chi connectivity index (χ2v) is 8.63. The predicted octanol–water partition coefficient (Wildman–Crippen LogP) is 3.58. The van der Waals surface area contributed by atoms with Crippen molar-refractivity contribution in [3.8, 4) is 0 Å². The number of carbonyl (C=O) groups excluding carboxylic acids is 1. The molecule has 1 N–H and O–H groups in total. The standard InChI is InChI=1S/C19H25BF4N2O4/c1-11-8-14(21)15(9-13(11)20-29-17(2,3)18(4,5)30-20)25-16(27)26-7-6-12(10-26)28-19(22,23)24/h8-9,12H,6-7,10H2,1-5H3,(H,25,27). The number of carbonyl (C=O) groups is 1. The minimum absolute atomic E-state index is 0.0441. The molecule has 166 valence electrons. The summed E-state index contributed by atoms with van der Waals surface area (Å²) >= 11 is 0. The number of hydrogen-bond acceptors (Lipinski definition) is 4. The number of halogens is 4. The van der Waals surface area contributed by atoms with Crippen LogP contribution in [0.25, 0.3) is 0 Å². The van der Waals surface area contributed by atoms with Crippen LogP contribution in [0.5, 0.6) is 0 Å². The van der Waals surface area contributed by atoms with Gasteiger partial charge in [0, 0.05) is 13.1 Å². The van der Waals surface area contributed by atoms with Crippen molar-refractivity contribution < 1.29 is 36.4 Å². The number of amides is 2. The van der Waals surface area contributed by atoms with E-state index in [4.69, 9.17) is 9.31 Å². The highest BCUT2D eigenvalue weighted by molar-refractivity contribution is 6.62. The van der Waals surface area contributed by atoms with Crippen LogP contribution in [0.4, 0.5) is 28.0 Å². The molecule has 6 nitrogen and oxygen atoms in total. The second-order valence-electron chi connectivity index (χ2n) is 8.63. The van der Waals surface area contributed by atoms with Crippen LogP contribution in [0.3, 0.4) is 0 Å². The van der Waals surface area contributed by atoms with E-state index in [0.717, 1.165) is 4.90 Å². The average Bonchev–Trinajstić information content (AvgIpc) is 3.10. The van der Waals surface area contributed by atoms with Gasteiger partial charge in [0.25, 0.3) is 0 Å². The van der Waals surface area contributed by atoms with Crippen LogP contribution in [0.1, 0.15) is 39.7 Å². The number of rotatable bonds is 3. The summed E-state index contributed by atoms with van der Waals surface area (Å²) in [5.74, 6) is -0.664. The molecule has 2 heterocycles. The zero-order chi connectivity index (χ0) is 22.5. The molecule has 1 aromatic carbocycles. The predicted molar refractivity (Wildman–Crippen MR) is 103 cm³/mol. The number of likely N-dealkylation sites (tertiary alicyclic amines) is 1. The first-order valence-electron chi connectivity index (χ1n) is 9.65. The second kappa shape index (κ2) is 7.69. The van der Waals surface area contributed by atoms with E-state index in [9.17, 15) is 22.4 Å². The van der Waals surface area contributed by atoms with Gasteiger partial charge >= 0.3 is 19.5 Å². The Bertz CT molecular complexity index is 815. The van der Waals surface area contributed by atoms with Crippen molar-refractivity contribution >= 4 is 24.3 Å². The molecule has 2 aliphatic heterocycles.